The summed E-state index contributed by atoms with van der Waals surface area (Å²) in [6.07, 6.45) is 4.14. The minimum absolute atomic E-state index is 0.172. The van der Waals surface area contributed by atoms with Crippen LogP contribution in [0.25, 0.3) is 0 Å². The van der Waals surface area contributed by atoms with Crippen LogP contribution in [0.4, 0.5) is 5.69 Å². The number of carbonyl (C=O) groups is 3. The first-order valence-electron chi connectivity index (χ1n) is 8.64. The summed E-state index contributed by atoms with van der Waals surface area (Å²) in [5.41, 5.74) is 0.509. The standard InChI is InChI=1S/C19H19ClN2O4S/c20-14-8-7-12(10-15(14)22-18(24)16-6-3-9-27-16)19(25)26-11-17(23)21-13-4-1-2-5-13/h3,6-10,13H,1-2,4-5,11H2,(H,21,23)(H,22,24). The zero-order chi connectivity index (χ0) is 19.2. The van der Waals surface area contributed by atoms with Gasteiger partial charge in [-0.25, -0.2) is 4.79 Å². The van der Waals surface area contributed by atoms with E-state index in [0.29, 0.717) is 15.6 Å². The van der Waals surface area contributed by atoms with Gasteiger partial charge in [0.15, 0.2) is 6.61 Å². The number of ether oxygens (including phenoxy) is 1. The molecule has 1 fully saturated rings. The summed E-state index contributed by atoms with van der Waals surface area (Å²) in [6, 6.07) is 8.05. The molecule has 1 heterocycles. The molecular formula is C19H19ClN2O4S. The number of nitrogens with one attached hydrogen (secondary N) is 2. The van der Waals surface area contributed by atoms with Gasteiger partial charge in [-0.05, 0) is 42.5 Å². The van der Waals surface area contributed by atoms with E-state index in [0.717, 1.165) is 25.7 Å². The lowest BCUT2D eigenvalue weighted by molar-refractivity contribution is -0.124. The Morgan fingerprint density at radius 3 is 2.67 bits per heavy atom. The molecule has 0 bridgehead atoms. The van der Waals surface area contributed by atoms with Crippen LogP contribution in [0.2, 0.25) is 5.02 Å². The van der Waals surface area contributed by atoms with E-state index in [-0.39, 0.29) is 30.0 Å². The Hall–Kier alpha value is -2.38. The third-order valence-electron chi connectivity index (χ3n) is 4.25. The van der Waals surface area contributed by atoms with Gasteiger partial charge < -0.3 is 15.4 Å². The maximum atomic E-state index is 12.2. The average molecular weight is 407 g/mol. The quantitative estimate of drug-likeness (QED) is 0.713. The topological polar surface area (TPSA) is 84.5 Å². The zero-order valence-electron chi connectivity index (χ0n) is 14.5. The smallest absolute Gasteiger partial charge is 0.338 e. The Kier molecular flexibility index (Phi) is 6.47. The van der Waals surface area contributed by atoms with Crippen molar-refractivity contribution in [3.05, 3.63) is 51.2 Å². The van der Waals surface area contributed by atoms with Gasteiger partial charge in [-0.2, -0.15) is 0 Å². The molecule has 0 atom stereocenters. The Balaban J connectivity index is 1.58. The van der Waals surface area contributed by atoms with Crippen molar-refractivity contribution < 1.29 is 19.1 Å². The zero-order valence-corrected chi connectivity index (χ0v) is 16.1. The van der Waals surface area contributed by atoms with Gasteiger partial charge in [0.25, 0.3) is 11.8 Å². The minimum atomic E-state index is -0.653. The van der Waals surface area contributed by atoms with Gasteiger partial charge in [0.05, 0.1) is 21.2 Å². The van der Waals surface area contributed by atoms with Gasteiger partial charge >= 0.3 is 5.97 Å². The molecule has 8 heteroatoms. The first-order valence-corrected chi connectivity index (χ1v) is 9.89. The Bertz CT molecular complexity index is 832. The highest BCUT2D eigenvalue weighted by atomic mass is 35.5. The molecule has 6 nitrogen and oxygen atoms in total. The van der Waals surface area contributed by atoms with Gasteiger partial charge in [-0.3, -0.25) is 9.59 Å². The second-order valence-corrected chi connectivity index (χ2v) is 7.61. The molecule has 0 aliphatic heterocycles. The molecule has 2 aromatic rings. The fourth-order valence-corrected chi connectivity index (χ4v) is 3.68. The largest absolute Gasteiger partial charge is 0.452 e. The van der Waals surface area contributed by atoms with Gasteiger partial charge in [0, 0.05) is 6.04 Å². The average Bonchev–Trinajstić information content (AvgIpc) is 3.35. The summed E-state index contributed by atoms with van der Waals surface area (Å²) < 4.78 is 5.07. The first kappa shape index (κ1) is 19.4. The summed E-state index contributed by atoms with van der Waals surface area (Å²) in [6.45, 7) is -0.338. The Morgan fingerprint density at radius 2 is 1.96 bits per heavy atom. The van der Waals surface area contributed by atoms with E-state index in [2.05, 4.69) is 10.6 Å². The van der Waals surface area contributed by atoms with E-state index in [1.165, 1.54) is 29.5 Å². The minimum Gasteiger partial charge on any atom is -0.452 e. The van der Waals surface area contributed by atoms with Crippen LogP contribution in [0, 0.1) is 0 Å². The lowest BCUT2D eigenvalue weighted by Gasteiger charge is -2.12. The van der Waals surface area contributed by atoms with Crippen molar-refractivity contribution in [2.24, 2.45) is 0 Å². The molecule has 0 unspecified atom stereocenters. The number of rotatable bonds is 6. The van der Waals surface area contributed by atoms with Gasteiger partial charge in [0.2, 0.25) is 0 Å². The van der Waals surface area contributed by atoms with E-state index in [4.69, 9.17) is 16.3 Å². The first-order chi connectivity index (χ1) is 13.0. The fraction of sp³-hybridized carbons (Fsp3) is 0.316. The lowest BCUT2D eigenvalue weighted by Crippen LogP contribution is -2.35. The number of halogens is 1. The van der Waals surface area contributed by atoms with Crippen molar-refractivity contribution in [3.8, 4) is 0 Å². The monoisotopic (exact) mass is 406 g/mol. The highest BCUT2D eigenvalue weighted by Gasteiger charge is 2.19. The highest BCUT2D eigenvalue weighted by molar-refractivity contribution is 7.12. The predicted octanol–water partition coefficient (Wildman–Crippen LogP) is 3.87. The fourth-order valence-electron chi connectivity index (χ4n) is 2.89. The van der Waals surface area contributed by atoms with Crippen molar-refractivity contribution in [2.45, 2.75) is 31.7 Å². The number of anilines is 1. The third kappa shape index (κ3) is 5.30. The predicted molar refractivity (Wildman–Crippen MR) is 104 cm³/mol. The van der Waals surface area contributed by atoms with Crippen LogP contribution in [-0.4, -0.2) is 30.4 Å². The number of thiophene rings is 1. The molecule has 27 heavy (non-hydrogen) atoms. The van der Waals surface area contributed by atoms with Crippen LogP contribution in [0.5, 0.6) is 0 Å². The Morgan fingerprint density at radius 1 is 1.19 bits per heavy atom. The molecule has 2 amide bonds. The normalized spacial score (nSPS) is 14.0. The van der Waals surface area contributed by atoms with Gasteiger partial charge in [-0.15, -0.1) is 11.3 Å². The molecular weight excluding hydrogens is 388 g/mol. The summed E-state index contributed by atoms with van der Waals surface area (Å²) in [7, 11) is 0. The lowest BCUT2D eigenvalue weighted by atomic mass is 10.2. The summed E-state index contributed by atoms with van der Waals surface area (Å²) >= 11 is 7.40. The molecule has 2 N–H and O–H groups in total. The van der Waals surface area contributed by atoms with Crippen LogP contribution in [0.1, 0.15) is 45.7 Å². The molecule has 1 aromatic carbocycles. The van der Waals surface area contributed by atoms with Crippen molar-refractivity contribution in [3.63, 3.8) is 0 Å². The van der Waals surface area contributed by atoms with Crippen LogP contribution in [0.15, 0.2) is 35.7 Å². The van der Waals surface area contributed by atoms with E-state index in [9.17, 15) is 14.4 Å². The molecule has 0 spiro atoms. The summed E-state index contributed by atoms with van der Waals surface area (Å²) in [5.74, 6) is -1.27. The molecule has 0 saturated heterocycles. The number of esters is 1. The van der Waals surface area contributed by atoms with Crippen molar-refractivity contribution in [1.82, 2.24) is 5.32 Å². The number of amides is 2. The van der Waals surface area contributed by atoms with Crippen LogP contribution in [0.3, 0.4) is 0 Å². The summed E-state index contributed by atoms with van der Waals surface area (Å²) in [5, 5.41) is 7.62. The van der Waals surface area contributed by atoms with E-state index in [1.54, 1.807) is 17.5 Å². The van der Waals surface area contributed by atoms with Crippen LogP contribution < -0.4 is 10.6 Å². The molecule has 1 aliphatic rings. The van der Waals surface area contributed by atoms with Crippen LogP contribution in [-0.2, 0) is 9.53 Å². The molecule has 1 aromatic heterocycles. The van der Waals surface area contributed by atoms with Crippen molar-refractivity contribution >= 4 is 46.4 Å². The van der Waals surface area contributed by atoms with E-state index < -0.39 is 5.97 Å². The van der Waals surface area contributed by atoms with Gasteiger partial charge in [0.1, 0.15) is 0 Å². The molecule has 3 rings (SSSR count). The molecule has 142 valence electrons. The number of hydrogen-bond donors (Lipinski definition) is 2. The maximum absolute atomic E-state index is 12.2. The van der Waals surface area contributed by atoms with Crippen LogP contribution >= 0.6 is 22.9 Å². The number of carbonyl (C=O) groups excluding carboxylic acids is 3. The molecule has 1 aliphatic carbocycles. The second kappa shape index (κ2) is 9.01. The Labute approximate surface area is 165 Å². The SMILES string of the molecule is O=C(COC(=O)c1ccc(Cl)c(NC(=O)c2cccs2)c1)NC1CCCC1. The van der Waals surface area contributed by atoms with Gasteiger partial charge in [-0.1, -0.05) is 30.5 Å². The highest BCUT2D eigenvalue weighted by Crippen LogP contribution is 2.25. The third-order valence-corrected chi connectivity index (χ3v) is 5.45. The van der Waals surface area contributed by atoms with E-state index >= 15 is 0 Å². The second-order valence-electron chi connectivity index (χ2n) is 6.25. The van der Waals surface area contributed by atoms with E-state index in [1.807, 2.05) is 0 Å². The molecule has 0 radical (unpaired) electrons. The number of hydrogen-bond acceptors (Lipinski definition) is 5. The number of benzene rings is 1. The van der Waals surface area contributed by atoms with Crippen molar-refractivity contribution in [2.75, 3.05) is 11.9 Å². The summed E-state index contributed by atoms with van der Waals surface area (Å²) in [4.78, 5) is 36.8. The maximum Gasteiger partial charge on any atom is 0.338 e. The van der Waals surface area contributed by atoms with Crippen molar-refractivity contribution in [1.29, 1.82) is 0 Å². The molecule has 1 saturated carbocycles.